The van der Waals surface area contributed by atoms with Crippen molar-refractivity contribution >= 4 is 0 Å². The van der Waals surface area contributed by atoms with Gasteiger partial charge in [-0.2, -0.15) is 13.2 Å². The normalized spacial score (nSPS) is 18.7. The summed E-state index contributed by atoms with van der Waals surface area (Å²) in [4.78, 5) is 0. The number of hydrogen-bond donors (Lipinski definition) is 1. The van der Waals surface area contributed by atoms with E-state index in [4.69, 9.17) is 10.5 Å². The molecule has 0 bridgehead atoms. The maximum atomic E-state index is 11.9. The lowest BCUT2D eigenvalue weighted by molar-refractivity contribution is -0.175. The number of halogens is 3. The van der Waals surface area contributed by atoms with E-state index in [2.05, 4.69) is 4.74 Å². The van der Waals surface area contributed by atoms with Gasteiger partial charge >= 0.3 is 6.18 Å². The van der Waals surface area contributed by atoms with E-state index < -0.39 is 12.8 Å². The second-order valence-corrected chi connectivity index (χ2v) is 4.88. The van der Waals surface area contributed by atoms with Crippen LogP contribution in [0.25, 0.3) is 0 Å². The molecular formula is C14H18F3NO2. The standard InChI is InChI=1S/C14H18F3NO2/c15-14(16,17)9-19-6-7-20-11-4-5-12-10(8-11)2-1-3-13(12)18/h4-5,8,13H,1-3,6-7,9,18H2. The van der Waals surface area contributed by atoms with Crippen LogP contribution in [0.4, 0.5) is 13.2 Å². The second kappa shape index (κ2) is 6.45. The van der Waals surface area contributed by atoms with Crippen molar-refractivity contribution in [2.45, 2.75) is 31.5 Å². The molecule has 0 aliphatic heterocycles. The predicted molar refractivity (Wildman–Crippen MR) is 68.7 cm³/mol. The zero-order chi connectivity index (χ0) is 14.6. The summed E-state index contributed by atoms with van der Waals surface area (Å²) in [7, 11) is 0. The van der Waals surface area contributed by atoms with Crippen LogP contribution in [0.1, 0.15) is 30.0 Å². The molecule has 0 saturated carbocycles. The summed E-state index contributed by atoms with van der Waals surface area (Å²) in [5.41, 5.74) is 8.31. The molecule has 1 aliphatic carbocycles. The van der Waals surface area contributed by atoms with Gasteiger partial charge in [-0.1, -0.05) is 6.07 Å². The molecule has 3 nitrogen and oxygen atoms in total. The van der Waals surface area contributed by atoms with E-state index in [9.17, 15) is 13.2 Å². The number of hydrogen-bond acceptors (Lipinski definition) is 3. The Morgan fingerprint density at radius 2 is 2.05 bits per heavy atom. The van der Waals surface area contributed by atoms with E-state index in [1.54, 1.807) is 6.07 Å². The summed E-state index contributed by atoms with van der Waals surface area (Å²) in [6.45, 7) is -1.23. The maximum absolute atomic E-state index is 11.9. The van der Waals surface area contributed by atoms with E-state index in [0.29, 0.717) is 5.75 Å². The lowest BCUT2D eigenvalue weighted by Gasteiger charge is -2.22. The van der Waals surface area contributed by atoms with Gasteiger partial charge in [0.2, 0.25) is 0 Å². The Kier molecular flexibility index (Phi) is 4.88. The van der Waals surface area contributed by atoms with Crippen molar-refractivity contribution in [3.63, 3.8) is 0 Å². The van der Waals surface area contributed by atoms with Crippen molar-refractivity contribution in [1.29, 1.82) is 0 Å². The first-order valence-corrected chi connectivity index (χ1v) is 6.61. The molecule has 0 saturated heterocycles. The minimum absolute atomic E-state index is 0.0721. The molecule has 1 aromatic rings. The van der Waals surface area contributed by atoms with Crippen molar-refractivity contribution in [1.82, 2.24) is 0 Å². The Labute approximate surface area is 115 Å². The largest absolute Gasteiger partial charge is 0.491 e. The molecule has 0 radical (unpaired) electrons. The molecule has 0 fully saturated rings. The Bertz CT molecular complexity index is 449. The van der Waals surface area contributed by atoms with Crippen LogP contribution in [0.5, 0.6) is 5.75 Å². The lowest BCUT2D eigenvalue weighted by atomic mass is 9.88. The minimum Gasteiger partial charge on any atom is -0.491 e. The van der Waals surface area contributed by atoms with E-state index in [1.165, 1.54) is 0 Å². The number of nitrogens with two attached hydrogens (primary N) is 1. The molecule has 1 aliphatic rings. The summed E-state index contributed by atoms with van der Waals surface area (Å²) < 4.78 is 45.4. The highest BCUT2D eigenvalue weighted by Gasteiger charge is 2.27. The molecule has 0 aromatic heterocycles. The average molecular weight is 289 g/mol. The van der Waals surface area contributed by atoms with E-state index in [-0.39, 0.29) is 19.3 Å². The van der Waals surface area contributed by atoms with Gasteiger partial charge in [0.25, 0.3) is 0 Å². The van der Waals surface area contributed by atoms with Crippen LogP contribution >= 0.6 is 0 Å². The first-order chi connectivity index (χ1) is 9.46. The molecule has 1 unspecified atom stereocenters. The van der Waals surface area contributed by atoms with Gasteiger partial charge in [0.05, 0.1) is 6.61 Å². The second-order valence-electron chi connectivity index (χ2n) is 4.88. The van der Waals surface area contributed by atoms with Crippen molar-refractivity contribution in [2.24, 2.45) is 5.73 Å². The smallest absolute Gasteiger partial charge is 0.411 e. The van der Waals surface area contributed by atoms with Gasteiger partial charge in [0, 0.05) is 6.04 Å². The first kappa shape index (κ1) is 15.1. The molecular weight excluding hydrogens is 271 g/mol. The number of rotatable bonds is 5. The summed E-state index contributed by atoms with van der Waals surface area (Å²) >= 11 is 0. The van der Waals surface area contributed by atoms with Gasteiger partial charge < -0.3 is 15.2 Å². The molecule has 0 heterocycles. The van der Waals surface area contributed by atoms with Crippen LogP contribution in [-0.4, -0.2) is 26.0 Å². The van der Waals surface area contributed by atoms with Gasteiger partial charge in [-0.05, 0) is 42.5 Å². The van der Waals surface area contributed by atoms with Gasteiger partial charge in [0.1, 0.15) is 19.0 Å². The van der Waals surface area contributed by atoms with Gasteiger partial charge in [-0.3, -0.25) is 0 Å². The fraction of sp³-hybridized carbons (Fsp3) is 0.571. The van der Waals surface area contributed by atoms with Gasteiger partial charge in [0.15, 0.2) is 0 Å². The lowest BCUT2D eigenvalue weighted by Crippen LogP contribution is -2.19. The van der Waals surface area contributed by atoms with Crippen molar-refractivity contribution in [2.75, 3.05) is 19.8 Å². The Hall–Kier alpha value is -1.27. The molecule has 1 atom stereocenters. The fourth-order valence-corrected chi connectivity index (χ4v) is 2.32. The predicted octanol–water partition coefficient (Wildman–Crippen LogP) is 2.98. The Balaban J connectivity index is 1.79. The molecule has 112 valence electrons. The van der Waals surface area contributed by atoms with Crippen molar-refractivity contribution in [3.8, 4) is 5.75 Å². The highest BCUT2D eigenvalue weighted by molar-refractivity contribution is 5.38. The molecule has 20 heavy (non-hydrogen) atoms. The number of fused-ring (bicyclic) bond motifs is 1. The highest BCUT2D eigenvalue weighted by atomic mass is 19.4. The number of alkyl halides is 3. The molecule has 1 aromatic carbocycles. The SMILES string of the molecule is NC1CCCc2cc(OCCOCC(F)(F)F)ccc21. The summed E-state index contributed by atoms with van der Waals surface area (Å²) in [5.74, 6) is 0.647. The Morgan fingerprint density at radius 1 is 1.25 bits per heavy atom. The van der Waals surface area contributed by atoms with E-state index in [1.807, 2.05) is 12.1 Å². The molecule has 6 heteroatoms. The van der Waals surface area contributed by atoms with Crippen LogP contribution in [0.3, 0.4) is 0 Å². The van der Waals surface area contributed by atoms with E-state index >= 15 is 0 Å². The summed E-state index contributed by atoms with van der Waals surface area (Å²) in [5, 5.41) is 0. The maximum Gasteiger partial charge on any atom is 0.411 e. The highest BCUT2D eigenvalue weighted by Crippen LogP contribution is 2.30. The molecule has 2 N–H and O–H groups in total. The quantitative estimate of drug-likeness (QED) is 0.848. The molecule has 2 rings (SSSR count). The number of aryl methyl sites for hydroxylation is 1. The fourth-order valence-electron chi connectivity index (χ4n) is 2.32. The third-order valence-electron chi connectivity index (χ3n) is 3.24. The van der Waals surface area contributed by atoms with Crippen LogP contribution in [0, 0.1) is 0 Å². The third-order valence-corrected chi connectivity index (χ3v) is 3.24. The van der Waals surface area contributed by atoms with Crippen molar-refractivity contribution in [3.05, 3.63) is 29.3 Å². The summed E-state index contributed by atoms with van der Waals surface area (Å²) in [6.07, 6.45) is -1.29. The molecule has 0 amide bonds. The van der Waals surface area contributed by atoms with Gasteiger partial charge in [-0.15, -0.1) is 0 Å². The van der Waals surface area contributed by atoms with Crippen molar-refractivity contribution < 1.29 is 22.6 Å². The van der Waals surface area contributed by atoms with Crippen LogP contribution in [0.2, 0.25) is 0 Å². The zero-order valence-electron chi connectivity index (χ0n) is 11.1. The minimum atomic E-state index is -4.29. The van der Waals surface area contributed by atoms with Crippen LogP contribution in [0.15, 0.2) is 18.2 Å². The molecule has 0 spiro atoms. The first-order valence-electron chi connectivity index (χ1n) is 6.61. The van der Waals surface area contributed by atoms with E-state index in [0.717, 1.165) is 30.4 Å². The monoisotopic (exact) mass is 289 g/mol. The number of ether oxygens (including phenoxy) is 2. The summed E-state index contributed by atoms with van der Waals surface area (Å²) in [6, 6.07) is 5.72. The third kappa shape index (κ3) is 4.38. The topological polar surface area (TPSA) is 44.5 Å². The van der Waals surface area contributed by atoms with Gasteiger partial charge in [-0.25, -0.2) is 0 Å². The Morgan fingerprint density at radius 3 is 2.80 bits per heavy atom. The average Bonchev–Trinajstić information content (AvgIpc) is 2.37. The zero-order valence-corrected chi connectivity index (χ0v) is 11.1. The van der Waals surface area contributed by atoms with Crippen LogP contribution < -0.4 is 10.5 Å². The number of benzene rings is 1. The van der Waals surface area contributed by atoms with Crippen LogP contribution in [-0.2, 0) is 11.2 Å².